The molecule has 6 aromatic rings. The van der Waals surface area contributed by atoms with Gasteiger partial charge < -0.3 is 25.2 Å². The van der Waals surface area contributed by atoms with Crippen LogP contribution in [0.25, 0.3) is 11.4 Å². The number of esters is 1. The number of rotatable bonds is 13. The summed E-state index contributed by atoms with van der Waals surface area (Å²) in [6.07, 6.45) is 15.5. The van der Waals surface area contributed by atoms with E-state index >= 15 is 0 Å². The van der Waals surface area contributed by atoms with Gasteiger partial charge in [-0.25, -0.2) is 19.1 Å². The Kier molecular flexibility index (Phi) is 16.9. The van der Waals surface area contributed by atoms with E-state index in [0.29, 0.717) is 40.9 Å². The Labute approximate surface area is 394 Å². The summed E-state index contributed by atoms with van der Waals surface area (Å²) in [5.74, 6) is -2.11. The van der Waals surface area contributed by atoms with Gasteiger partial charge in [0, 0.05) is 29.8 Å². The molecule has 0 saturated heterocycles. The van der Waals surface area contributed by atoms with Gasteiger partial charge >= 0.3 is 17.9 Å². The fraction of sp³-hybridized carbons (Fsp3) is 0.314. The second-order valence-corrected chi connectivity index (χ2v) is 16.2. The summed E-state index contributed by atoms with van der Waals surface area (Å²) >= 11 is 0. The van der Waals surface area contributed by atoms with Crippen molar-refractivity contribution in [2.75, 3.05) is 6.61 Å². The zero-order valence-corrected chi connectivity index (χ0v) is 38.3. The molecule has 0 amide bonds. The number of aliphatic imine (C=N–C) groups is 2. The normalized spacial score (nSPS) is 14.4. The Balaban J connectivity index is 0.000000216. The Hall–Kier alpha value is -6.82. The van der Waals surface area contributed by atoms with E-state index in [4.69, 9.17) is 4.74 Å². The molecule has 4 aromatic carbocycles. The van der Waals surface area contributed by atoms with Gasteiger partial charge in [-0.3, -0.25) is 9.98 Å². The van der Waals surface area contributed by atoms with Crippen molar-refractivity contribution in [1.82, 2.24) is 19.6 Å². The van der Waals surface area contributed by atoms with E-state index in [0.717, 1.165) is 18.5 Å². The Morgan fingerprint density at radius 3 is 1.56 bits per heavy atom. The maximum absolute atomic E-state index is 12.6. The molecular weight excluding hydrogens is 877 g/mol. The number of nitrogens with zero attached hydrogens (tertiary/aromatic N) is 6. The number of ether oxygens (including phenoxy) is 1. The maximum atomic E-state index is 12.6. The van der Waals surface area contributed by atoms with Crippen LogP contribution in [0.2, 0.25) is 0 Å². The number of hydrogen-bond donors (Lipinski definition) is 4. The van der Waals surface area contributed by atoms with Crippen LogP contribution in [-0.2, 0) is 28.5 Å². The van der Waals surface area contributed by atoms with Crippen LogP contribution in [0.4, 0.5) is 11.4 Å². The summed E-state index contributed by atoms with van der Waals surface area (Å²) in [6, 6.07) is 28.8. The second kappa shape index (κ2) is 22.9. The van der Waals surface area contributed by atoms with Crippen molar-refractivity contribution in [1.29, 1.82) is 0 Å². The summed E-state index contributed by atoms with van der Waals surface area (Å²) in [6.45, 7) is 3.79. The Morgan fingerprint density at radius 2 is 1.09 bits per heavy atom. The van der Waals surface area contributed by atoms with E-state index in [1.54, 1.807) is 48.0 Å². The van der Waals surface area contributed by atoms with E-state index in [9.17, 15) is 34.8 Å². The first kappa shape index (κ1) is 48.6. The smallest absolute Gasteiger partial charge is 0.359 e. The first-order valence-corrected chi connectivity index (χ1v) is 22.3. The minimum absolute atomic E-state index is 0. The molecule has 0 aliphatic heterocycles. The topological polar surface area (TPSA) is 202 Å². The van der Waals surface area contributed by atoms with E-state index in [-0.39, 0.29) is 63.8 Å². The molecule has 2 aliphatic rings. The molecule has 2 fully saturated rings. The van der Waals surface area contributed by atoms with Gasteiger partial charge in [-0.1, -0.05) is 94.0 Å². The van der Waals surface area contributed by atoms with Gasteiger partial charge in [0.15, 0.2) is 5.69 Å². The SMILES string of the molecule is CCOC(=O)c1nn(-c2cccc(C3CCCCC3)c2)c(O)c1C=Nc1ccccc1C(=O)O.CCc1nn(-c2cccc(C3CCCCC3)c2)c(O)c1C=Nc1ccccc1C(=O)O.[Cr]. The summed E-state index contributed by atoms with van der Waals surface area (Å²) in [5.41, 5.74) is 5.72. The third-order valence-electron chi connectivity index (χ3n) is 12.0. The van der Waals surface area contributed by atoms with E-state index < -0.39 is 17.9 Å². The van der Waals surface area contributed by atoms with Crippen LogP contribution in [0.15, 0.2) is 107 Å². The third kappa shape index (κ3) is 11.3. The first-order chi connectivity index (χ1) is 31.6. The molecule has 0 bridgehead atoms. The standard InChI is InChI=1S/C26H27N3O5.C25H27N3O3.Cr/c1-2-34-26(33)23-21(16-27-22-14-7-6-13-20(22)25(31)32)24(30)29(28-23)19-12-8-11-18(15-19)17-9-4-3-5-10-17;1-2-22-21(16-26-23-14-7-6-13-20(23)25(30)31)24(29)28(27-22)19-12-8-11-18(15-19)17-9-4-3-5-10-17;/h6-8,11-17,30H,2-5,9-10H2,1H3,(H,31,32);6-8,11-17,29H,2-5,9-10H2,1H3,(H,30,31);. The van der Waals surface area contributed by atoms with Gasteiger partial charge in [-0.15, -0.1) is 0 Å². The first-order valence-electron chi connectivity index (χ1n) is 22.3. The van der Waals surface area contributed by atoms with Gasteiger partial charge in [-0.2, -0.15) is 14.9 Å². The van der Waals surface area contributed by atoms with Crippen LogP contribution in [0.3, 0.4) is 0 Å². The molecule has 2 saturated carbocycles. The van der Waals surface area contributed by atoms with Crippen LogP contribution in [0.1, 0.15) is 149 Å². The summed E-state index contributed by atoms with van der Waals surface area (Å²) in [4.78, 5) is 44.1. The van der Waals surface area contributed by atoms with Crippen molar-refractivity contribution >= 4 is 41.7 Å². The molecule has 0 radical (unpaired) electrons. The number of aryl methyl sites for hydroxylation is 1. The number of para-hydroxylation sites is 2. The van der Waals surface area contributed by atoms with Crippen molar-refractivity contribution in [3.8, 4) is 23.1 Å². The van der Waals surface area contributed by atoms with Gasteiger partial charge in [0.2, 0.25) is 11.8 Å². The number of carboxylic acid groups (broad SMARTS) is 2. The van der Waals surface area contributed by atoms with Gasteiger partial charge in [0.25, 0.3) is 0 Å². The predicted octanol–water partition coefficient (Wildman–Crippen LogP) is 10.9. The number of carboxylic acids is 2. The largest absolute Gasteiger partial charge is 0.493 e. The molecule has 4 N–H and O–H groups in total. The number of benzene rings is 4. The number of hydrogen-bond acceptors (Lipinski definition) is 10. The molecular formula is C51H54CrN6O8. The Bertz CT molecular complexity index is 2710. The molecule has 0 spiro atoms. The van der Waals surface area contributed by atoms with E-state index in [1.165, 1.54) is 91.7 Å². The average Bonchev–Trinajstić information content (AvgIpc) is 3.85. The van der Waals surface area contributed by atoms with Crippen molar-refractivity contribution < 1.29 is 56.9 Å². The monoisotopic (exact) mass is 930 g/mol. The Morgan fingerprint density at radius 1 is 0.636 bits per heavy atom. The molecule has 0 unspecified atom stereocenters. The molecule has 15 heteroatoms. The quantitative estimate of drug-likeness (QED) is 0.0638. The van der Waals surface area contributed by atoms with Crippen LogP contribution >= 0.6 is 0 Å². The third-order valence-corrected chi connectivity index (χ3v) is 12.0. The summed E-state index contributed by atoms with van der Waals surface area (Å²) in [5, 5.41) is 49.7. The van der Waals surface area contributed by atoms with Crippen LogP contribution in [0.5, 0.6) is 11.8 Å². The zero-order valence-electron chi connectivity index (χ0n) is 37.0. The van der Waals surface area contributed by atoms with Gasteiger partial charge in [0.1, 0.15) is 0 Å². The minimum atomic E-state index is -1.13. The fourth-order valence-electron chi connectivity index (χ4n) is 8.60. The number of carbonyl (C=O) groups excluding carboxylic acids is 1. The predicted molar refractivity (Wildman–Crippen MR) is 249 cm³/mol. The minimum Gasteiger partial charge on any atom is -0.493 e. The molecule has 8 rings (SSSR count). The number of aromatic hydroxyl groups is 2. The molecule has 2 heterocycles. The van der Waals surface area contributed by atoms with Crippen LogP contribution < -0.4 is 0 Å². The van der Waals surface area contributed by atoms with Gasteiger partial charge in [-0.05, 0) is 111 Å². The van der Waals surface area contributed by atoms with Crippen LogP contribution in [0, 0.1) is 0 Å². The van der Waals surface area contributed by atoms with Crippen molar-refractivity contribution in [3.63, 3.8) is 0 Å². The number of aromatic carboxylic acids is 2. The van der Waals surface area contributed by atoms with Gasteiger partial charge in [0.05, 0.1) is 57.3 Å². The molecule has 2 aromatic heterocycles. The molecule has 14 nitrogen and oxygen atoms in total. The zero-order chi connectivity index (χ0) is 45.9. The van der Waals surface area contributed by atoms with Crippen molar-refractivity contribution in [3.05, 3.63) is 142 Å². The van der Waals surface area contributed by atoms with Crippen molar-refractivity contribution in [2.24, 2.45) is 9.98 Å². The van der Waals surface area contributed by atoms with E-state index in [2.05, 4.69) is 38.4 Å². The molecule has 342 valence electrons. The fourth-order valence-corrected chi connectivity index (χ4v) is 8.60. The van der Waals surface area contributed by atoms with Crippen molar-refractivity contribution in [2.45, 2.75) is 96.3 Å². The maximum Gasteiger partial charge on any atom is 0.359 e. The average molecular weight is 931 g/mol. The number of aromatic nitrogens is 4. The molecule has 0 atom stereocenters. The summed E-state index contributed by atoms with van der Waals surface area (Å²) in [7, 11) is 0. The van der Waals surface area contributed by atoms with Crippen LogP contribution in [-0.4, -0.2) is 76.9 Å². The second-order valence-electron chi connectivity index (χ2n) is 16.2. The molecule has 2 aliphatic carbocycles. The molecule has 66 heavy (non-hydrogen) atoms. The van der Waals surface area contributed by atoms with E-state index in [1.807, 2.05) is 37.3 Å². The summed E-state index contributed by atoms with van der Waals surface area (Å²) < 4.78 is 7.97. The number of carbonyl (C=O) groups is 3.